The van der Waals surface area contributed by atoms with E-state index in [0.717, 1.165) is 6.26 Å². The summed E-state index contributed by atoms with van der Waals surface area (Å²) in [7, 11) is -3.01. The van der Waals surface area contributed by atoms with Crippen molar-refractivity contribution >= 4 is 15.6 Å². The third-order valence-electron chi connectivity index (χ3n) is 0.979. The van der Waals surface area contributed by atoms with E-state index >= 15 is 0 Å². The van der Waals surface area contributed by atoms with E-state index in [4.69, 9.17) is 5.73 Å². The maximum Gasteiger partial charge on any atom is 0.147 e. The van der Waals surface area contributed by atoms with E-state index in [-0.39, 0.29) is 24.5 Å². The Morgan fingerprint density at radius 1 is 1.50 bits per heavy atom. The predicted molar refractivity (Wildman–Crippen MR) is 38.4 cm³/mol. The first-order valence-corrected chi connectivity index (χ1v) is 4.91. The molecule has 0 aliphatic carbocycles. The Morgan fingerprint density at radius 2 is 2.00 bits per heavy atom. The number of nitrogens with two attached hydrogens (primary N) is 1. The van der Waals surface area contributed by atoms with Gasteiger partial charge >= 0.3 is 0 Å². The molecule has 0 aliphatic rings. The summed E-state index contributed by atoms with van der Waals surface area (Å²) in [6.07, 6.45) is 1.13. The molecule has 0 amide bonds. The molecule has 0 spiro atoms. The molecule has 60 valence electrons. The molecule has 0 atom stereocenters. The summed E-state index contributed by atoms with van der Waals surface area (Å²) in [5.74, 6) is -0.311. The van der Waals surface area contributed by atoms with Crippen LogP contribution >= 0.6 is 0 Å². The zero-order valence-electron chi connectivity index (χ0n) is 5.83. The molecule has 0 aliphatic heterocycles. The summed E-state index contributed by atoms with van der Waals surface area (Å²) in [6.45, 7) is -0.0739. The highest BCUT2D eigenvalue weighted by atomic mass is 32.2. The normalized spacial score (nSPS) is 11.4. The van der Waals surface area contributed by atoms with Gasteiger partial charge < -0.3 is 5.73 Å². The molecule has 0 saturated heterocycles. The van der Waals surface area contributed by atoms with Crippen molar-refractivity contribution in [1.29, 1.82) is 0 Å². The molecule has 0 aromatic heterocycles. The number of rotatable bonds is 4. The monoisotopic (exact) mass is 165 g/mol. The van der Waals surface area contributed by atoms with Crippen LogP contribution in [0.5, 0.6) is 0 Å². The number of hydrogen-bond donors (Lipinski definition) is 1. The summed E-state index contributed by atoms with van der Waals surface area (Å²) in [4.78, 5) is 10.5. The number of Topliss-reactive ketones (excluding diaryl/α,β-unsaturated/α-hetero) is 1. The van der Waals surface area contributed by atoms with E-state index in [2.05, 4.69) is 0 Å². The summed E-state index contributed by atoms with van der Waals surface area (Å²) < 4.78 is 20.9. The van der Waals surface area contributed by atoms with E-state index in [1.165, 1.54) is 0 Å². The van der Waals surface area contributed by atoms with Crippen molar-refractivity contribution in [3.63, 3.8) is 0 Å². The van der Waals surface area contributed by atoms with Crippen LogP contribution < -0.4 is 5.73 Å². The van der Waals surface area contributed by atoms with Crippen molar-refractivity contribution in [2.24, 2.45) is 5.73 Å². The lowest BCUT2D eigenvalue weighted by atomic mass is 10.3. The molecule has 0 saturated carbocycles. The second kappa shape index (κ2) is 3.68. The molecule has 5 heteroatoms. The lowest BCUT2D eigenvalue weighted by Crippen LogP contribution is -2.17. The lowest BCUT2D eigenvalue weighted by Gasteiger charge is -1.94. The maximum absolute atomic E-state index is 10.5. The van der Waals surface area contributed by atoms with Crippen molar-refractivity contribution in [3.8, 4) is 0 Å². The average Bonchev–Trinajstić information content (AvgIpc) is 1.81. The van der Waals surface area contributed by atoms with Gasteiger partial charge in [0.2, 0.25) is 0 Å². The molecule has 0 rings (SSSR count). The highest BCUT2D eigenvalue weighted by Crippen LogP contribution is 1.88. The molecular formula is C5H11NO3S. The predicted octanol–water partition coefficient (Wildman–Crippen LogP) is -1.05. The average molecular weight is 165 g/mol. The van der Waals surface area contributed by atoms with Gasteiger partial charge in [-0.25, -0.2) is 8.42 Å². The topological polar surface area (TPSA) is 77.2 Å². The molecule has 2 N–H and O–H groups in total. The van der Waals surface area contributed by atoms with Crippen LogP contribution in [0.1, 0.15) is 6.42 Å². The van der Waals surface area contributed by atoms with E-state index in [0.29, 0.717) is 0 Å². The van der Waals surface area contributed by atoms with E-state index < -0.39 is 9.84 Å². The zero-order valence-corrected chi connectivity index (χ0v) is 6.65. The fraction of sp³-hybridized carbons (Fsp3) is 0.800. The first-order chi connectivity index (χ1) is 4.45. The Hall–Kier alpha value is -0.420. The zero-order chi connectivity index (χ0) is 8.20. The minimum atomic E-state index is -3.01. The number of carbonyl (C=O) groups is 1. The number of hydrogen-bond acceptors (Lipinski definition) is 4. The van der Waals surface area contributed by atoms with Gasteiger partial charge in [0.15, 0.2) is 0 Å². The second-order valence-electron chi connectivity index (χ2n) is 2.12. The van der Waals surface area contributed by atoms with Gasteiger partial charge in [0.1, 0.15) is 15.6 Å². The van der Waals surface area contributed by atoms with Gasteiger partial charge in [0.05, 0.1) is 12.3 Å². The summed E-state index contributed by atoms with van der Waals surface area (Å²) in [5, 5.41) is 0. The Labute approximate surface area is 60.3 Å². The van der Waals surface area contributed by atoms with Gasteiger partial charge in [0.25, 0.3) is 0 Å². The van der Waals surface area contributed by atoms with E-state index in [9.17, 15) is 13.2 Å². The van der Waals surface area contributed by atoms with Gasteiger partial charge in [-0.15, -0.1) is 0 Å². The Kier molecular flexibility index (Phi) is 3.52. The summed E-state index contributed by atoms with van der Waals surface area (Å²) in [6, 6.07) is 0. The molecule has 0 heterocycles. The van der Waals surface area contributed by atoms with Gasteiger partial charge in [-0.1, -0.05) is 0 Å². The van der Waals surface area contributed by atoms with Crippen molar-refractivity contribution in [2.75, 3.05) is 18.6 Å². The van der Waals surface area contributed by atoms with Crippen molar-refractivity contribution in [2.45, 2.75) is 6.42 Å². The van der Waals surface area contributed by atoms with Crippen LogP contribution in [0.2, 0.25) is 0 Å². The molecule has 0 fully saturated rings. The summed E-state index contributed by atoms with van der Waals surface area (Å²) in [5.41, 5.74) is 4.96. The van der Waals surface area contributed by atoms with Crippen molar-refractivity contribution < 1.29 is 13.2 Å². The Morgan fingerprint density at radius 3 is 2.30 bits per heavy atom. The molecular weight excluding hydrogens is 154 g/mol. The van der Waals surface area contributed by atoms with Gasteiger partial charge in [-0.3, -0.25) is 4.79 Å². The molecule has 0 aromatic rings. The van der Waals surface area contributed by atoms with Crippen molar-refractivity contribution in [1.82, 2.24) is 0 Å². The van der Waals surface area contributed by atoms with Crippen LogP contribution in [0.4, 0.5) is 0 Å². The van der Waals surface area contributed by atoms with Crippen LogP contribution in [0, 0.1) is 0 Å². The SMILES string of the molecule is CS(=O)(=O)CCC(=O)CN. The second-order valence-corrected chi connectivity index (χ2v) is 4.38. The molecule has 0 unspecified atom stereocenters. The minimum absolute atomic E-state index is 0.0370. The van der Waals surface area contributed by atoms with Crippen LogP contribution in [-0.2, 0) is 14.6 Å². The first-order valence-electron chi connectivity index (χ1n) is 2.85. The molecule has 4 nitrogen and oxygen atoms in total. The van der Waals surface area contributed by atoms with Crippen LogP contribution in [0.25, 0.3) is 0 Å². The van der Waals surface area contributed by atoms with Crippen molar-refractivity contribution in [3.05, 3.63) is 0 Å². The first kappa shape index (κ1) is 9.58. The molecule has 0 radical (unpaired) electrons. The van der Waals surface area contributed by atoms with E-state index in [1.807, 2.05) is 0 Å². The number of sulfone groups is 1. The van der Waals surface area contributed by atoms with Crippen LogP contribution in [-0.4, -0.2) is 32.8 Å². The van der Waals surface area contributed by atoms with Crippen LogP contribution in [0.15, 0.2) is 0 Å². The van der Waals surface area contributed by atoms with Gasteiger partial charge in [0, 0.05) is 12.7 Å². The highest BCUT2D eigenvalue weighted by molar-refractivity contribution is 7.90. The molecule has 0 aromatic carbocycles. The Balaban J connectivity index is 3.67. The van der Waals surface area contributed by atoms with Gasteiger partial charge in [-0.2, -0.15) is 0 Å². The summed E-state index contributed by atoms with van der Waals surface area (Å²) >= 11 is 0. The number of ketones is 1. The maximum atomic E-state index is 10.5. The number of carbonyl (C=O) groups excluding carboxylic acids is 1. The quantitative estimate of drug-likeness (QED) is 0.576. The highest BCUT2D eigenvalue weighted by Gasteiger charge is 2.05. The standard InChI is InChI=1S/C5H11NO3S/c1-10(8,9)3-2-5(7)4-6/h2-4,6H2,1H3. The van der Waals surface area contributed by atoms with Crippen LogP contribution in [0.3, 0.4) is 0 Å². The largest absolute Gasteiger partial charge is 0.324 e. The fourth-order valence-electron chi connectivity index (χ4n) is 0.401. The van der Waals surface area contributed by atoms with E-state index in [1.54, 1.807) is 0 Å². The Bertz CT molecular complexity index is 207. The molecule has 0 bridgehead atoms. The smallest absolute Gasteiger partial charge is 0.147 e. The van der Waals surface area contributed by atoms with Gasteiger partial charge in [-0.05, 0) is 0 Å². The lowest BCUT2D eigenvalue weighted by molar-refractivity contribution is -0.117. The minimum Gasteiger partial charge on any atom is -0.324 e. The fourth-order valence-corrected chi connectivity index (χ4v) is 1.000. The molecule has 10 heavy (non-hydrogen) atoms. The third-order valence-corrected chi connectivity index (χ3v) is 1.93. The third kappa shape index (κ3) is 5.71.